The Morgan fingerprint density at radius 2 is 1.53 bits per heavy atom. The summed E-state index contributed by atoms with van der Waals surface area (Å²) in [6.07, 6.45) is 0. The van der Waals surface area contributed by atoms with E-state index in [1.165, 1.54) is 0 Å². The van der Waals surface area contributed by atoms with Gasteiger partial charge in [0.2, 0.25) is 0 Å². The highest BCUT2D eigenvalue weighted by atomic mass is 19.2. The normalized spacial score (nSPS) is 8.60. The van der Waals surface area contributed by atoms with E-state index in [0.29, 0.717) is 0 Å². The fourth-order valence-corrected chi connectivity index (χ4v) is 0.669. The number of rotatable bonds is 0. The standard InChI is InChI=1S/C7HF4N.BH3O2/c8-4-1-5(9)7(11)6(10)3(4)2-12;2-1-3/h1H;1-3H. The number of hydrogen-bond acceptors (Lipinski definition) is 3. The monoisotopic (exact) mass is 221 g/mol. The summed E-state index contributed by atoms with van der Waals surface area (Å²) in [4.78, 5) is 0. The molecule has 2 N–H and O–H groups in total. The Morgan fingerprint density at radius 3 is 1.93 bits per heavy atom. The minimum atomic E-state index is -1.84. The fraction of sp³-hybridized carbons (Fsp3) is 0. The molecule has 8 heteroatoms. The molecular weight excluding hydrogens is 217 g/mol. The molecule has 0 aliphatic rings. The van der Waals surface area contributed by atoms with Crippen molar-refractivity contribution in [2.75, 3.05) is 0 Å². The summed E-state index contributed by atoms with van der Waals surface area (Å²) in [6, 6.07) is 1.20. The van der Waals surface area contributed by atoms with Gasteiger partial charge in [0.05, 0.1) is 0 Å². The van der Waals surface area contributed by atoms with Crippen molar-refractivity contribution in [3.05, 3.63) is 34.9 Å². The quantitative estimate of drug-likeness (QED) is 0.287. The number of nitriles is 1. The molecule has 0 bridgehead atoms. The molecule has 3 nitrogen and oxygen atoms in total. The van der Waals surface area contributed by atoms with Crippen LogP contribution in [0.1, 0.15) is 5.56 Å². The summed E-state index contributed by atoms with van der Waals surface area (Å²) < 4.78 is 49.4. The van der Waals surface area contributed by atoms with Crippen LogP contribution >= 0.6 is 0 Å². The highest BCUT2D eigenvalue weighted by Gasteiger charge is 2.18. The molecule has 0 aromatic heterocycles. The molecule has 0 aliphatic heterocycles. The van der Waals surface area contributed by atoms with Gasteiger partial charge in [0.1, 0.15) is 17.4 Å². The molecule has 1 aromatic rings. The van der Waals surface area contributed by atoms with E-state index in [0.717, 1.165) is 6.07 Å². The summed E-state index contributed by atoms with van der Waals surface area (Å²) in [6.45, 7) is 0. The second-order valence-corrected chi connectivity index (χ2v) is 2.10. The van der Waals surface area contributed by atoms with E-state index in [1.807, 2.05) is 0 Å². The molecule has 0 amide bonds. The lowest BCUT2D eigenvalue weighted by Crippen LogP contribution is -1.98. The van der Waals surface area contributed by atoms with Gasteiger partial charge in [-0.3, -0.25) is 0 Å². The van der Waals surface area contributed by atoms with Crippen molar-refractivity contribution in [1.82, 2.24) is 0 Å². The summed E-state index contributed by atoms with van der Waals surface area (Å²) in [7, 11) is -0.750. The number of hydrogen-bond donors (Lipinski definition) is 2. The zero-order chi connectivity index (χ0) is 12.0. The van der Waals surface area contributed by atoms with Crippen LogP contribution in [0.4, 0.5) is 17.6 Å². The smallest absolute Gasteiger partial charge is 0.430 e. The van der Waals surface area contributed by atoms with Gasteiger partial charge in [-0.05, 0) is 0 Å². The first-order chi connectivity index (χ1) is 6.99. The summed E-state index contributed by atoms with van der Waals surface area (Å²) >= 11 is 0. The molecule has 0 radical (unpaired) electrons. The fourth-order valence-electron chi connectivity index (χ4n) is 0.669. The Bertz CT molecular complexity index is 394. The molecule has 15 heavy (non-hydrogen) atoms. The number of nitrogens with zero attached hydrogens (tertiary/aromatic N) is 1. The lowest BCUT2D eigenvalue weighted by molar-refractivity contribution is 0.432. The highest BCUT2D eigenvalue weighted by Crippen LogP contribution is 2.17. The zero-order valence-electron chi connectivity index (χ0n) is 7.14. The maximum absolute atomic E-state index is 12.4. The van der Waals surface area contributed by atoms with Gasteiger partial charge in [0, 0.05) is 6.07 Å². The average Bonchev–Trinajstić information content (AvgIpc) is 2.16. The third kappa shape index (κ3) is 3.23. The minimum absolute atomic E-state index is 0.122. The first-order valence-electron chi connectivity index (χ1n) is 3.44. The van der Waals surface area contributed by atoms with Crippen LogP contribution in [-0.2, 0) is 0 Å². The van der Waals surface area contributed by atoms with E-state index < -0.39 is 36.5 Å². The molecule has 0 fully saturated rings. The number of halogens is 4. The van der Waals surface area contributed by atoms with Crippen LogP contribution in [-0.4, -0.2) is 17.7 Å². The van der Waals surface area contributed by atoms with Crippen molar-refractivity contribution in [3.8, 4) is 6.07 Å². The predicted molar refractivity (Wildman–Crippen MR) is 42.6 cm³/mol. The lowest BCUT2D eigenvalue weighted by Gasteiger charge is -1.97. The Hall–Kier alpha value is -1.59. The molecular formula is C7H4BF4NO2. The third-order valence-corrected chi connectivity index (χ3v) is 1.23. The first-order valence-corrected chi connectivity index (χ1v) is 3.44. The largest absolute Gasteiger partial charge is 0.432 e. The highest BCUT2D eigenvalue weighted by molar-refractivity contribution is 6.13. The Kier molecular flexibility index (Phi) is 5.37. The van der Waals surface area contributed by atoms with Crippen LogP contribution < -0.4 is 0 Å². The molecule has 0 aliphatic carbocycles. The van der Waals surface area contributed by atoms with Gasteiger partial charge in [0.15, 0.2) is 17.5 Å². The van der Waals surface area contributed by atoms with Crippen molar-refractivity contribution < 1.29 is 27.6 Å². The second kappa shape index (κ2) is 6.00. The molecule has 1 rings (SSSR count). The molecule has 0 spiro atoms. The molecule has 0 unspecified atom stereocenters. The van der Waals surface area contributed by atoms with Gasteiger partial charge in [-0.15, -0.1) is 0 Å². The topological polar surface area (TPSA) is 64.2 Å². The van der Waals surface area contributed by atoms with Crippen molar-refractivity contribution in [3.63, 3.8) is 0 Å². The van der Waals surface area contributed by atoms with Crippen LogP contribution in [0, 0.1) is 34.6 Å². The summed E-state index contributed by atoms with van der Waals surface area (Å²) in [5.74, 6) is -6.69. The van der Waals surface area contributed by atoms with Crippen LogP contribution in [0.3, 0.4) is 0 Å². The zero-order valence-corrected chi connectivity index (χ0v) is 7.14. The van der Waals surface area contributed by atoms with Crippen LogP contribution in [0.25, 0.3) is 0 Å². The van der Waals surface area contributed by atoms with Gasteiger partial charge in [-0.2, -0.15) is 5.26 Å². The van der Waals surface area contributed by atoms with Crippen LogP contribution in [0.2, 0.25) is 0 Å². The first kappa shape index (κ1) is 13.4. The molecule has 80 valence electrons. The average molecular weight is 221 g/mol. The third-order valence-electron chi connectivity index (χ3n) is 1.23. The van der Waals surface area contributed by atoms with E-state index in [1.54, 1.807) is 0 Å². The summed E-state index contributed by atoms with van der Waals surface area (Å²) in [5.41, 5.74) is -1.12. The number of benzene rings is 1. The van der Waals surface area contributed by atoms with Gasteiger partial charge in [-0.1, -0.05) is 0 Å². The van der Waals surface area contributed by atoms with E-state index >= 15 is 0 Å². The van der Waals surface area contributed by atoms with Gasteiger partial charge < -0.3 is 10.0 Å². The van der Waals surface area contributed by atoms with Crippen molar-refractivity contribution in [2.45, 2.75) is 0 Å². The molecule has 0 saturated carbocycles. The predicted octanol–water partition coefficient (Wildman–Crippen LogP) is 0.352. The van der Waals surface area contributed by atoms with E-state index in [2.05, 4.69) is 0 Å². The van der Waals surface area contributed by atoms with Gasteiger partial charge >= 0.3 is 7.69 Å². The maximum atomic E-state index is 12.4. The SMILES string of the molecule is N#Cc1c(F)cc(F)c(F)c1F.OBO. The van der Waals surface area contributed by atoms with E-state index in [-0.39, 0.29) is 6.07 Å². The van der Waals surface area contributed by atoms with E-state index in [9.17, 15) is 17.6 Å². The van der Waals surface area contributed by atoms with Gasteiger partial charge in [0.25, 0.3) is 0 Å². The van der Waals surface area contributed by atoms with Crippen molar-refractivity contribution >= 4 is 7.69 Å². The van der Waals surface area contributed by atoms with E-state index in [4.69, 9.17) is 15.3 Å². The second-order valence-electron chi connectivity index (χ2n) is 2.10. The van der Waals surface area contributed by atoms with Crippen LogP contribution in [0.15, 0.2) is 6.07 Å². The lowest BCUT2D eigenvalue weighted by atomic mass is 10.2. The molecule has 0 saturated heterocycles. The molecule has 0 heterocycles. The van der Waals surface area contributed by atoms with Crippen LogP contribution in [0.5, 0.6) is 0 Å². The Morgan fingerprint density at radius 1 is 1.07 bits per heavy atom. The molecule has 1 aromatic carbocycles. The van der Waals surface area contributed by atoms with Crippen molar-refractivity contribution in [2.24, 2.45) is 0 Å². The van der Waals surface area contributed by atoms with Crippen molar-refractivity contribution in [1.29, 1.82) is 5.26 Å². The Labute approximate surface area is 82.5 Å². The molecule has 0 atom stereocenters. The minimum Gasteiger partial charge on any atom is -0.430 e. The Balaban J connectivity index is 0.000000583. The van der Waals surface area contributed by atoms with Gasteiger partial charge in [-0.25, -0.2) is 17.6 Å². The maximum Gasteiger partial charge on any atom is 0.432 e. The summed E-state index contributed by atoms with van der Waals surface area (Å²) in [5, 5.41) is 22.3.